The van der Waals surface area contributed by atoms with Gasteiger partial charge in [-0.05, 0) is 37.6 Å². The first-order valence-electron chi connectivity index (χ1n) is 13.7. The van der Waals surface area contributed by atoms with Crippen LogP contribution < -0.4 is 10.1 Å². The van der Waals surface area contributed by atoms with E-state index >= 15 is 4.39 Å². The van der Waals surface area contributed by atoms with Crippen molar-refractivity contribution in [2.75, 3.05) is 26.0 Å². The molecule has 14 heteroatoms. The number of benzene rings is 1. The van der Waals surface area contributed by atoms with Crippen molar-refractivity contribution in [3.05, 3.63) is 65.5 Å². The van der Waals surface area contributed by atoms with Crippen LogP contribution in [0.5, 0.6) is 5.75 Å². The number of anilines is 1. The fourth-order valence-corrected chi connectivity index (χ4v) is 6.31. The summed E-state index contributed by atoms with van der Waals surface area (Å²) in [6, 6.07) is 7.02. The second-order valence-electron chi connectivity index (χ2n) is 11.7. The molecule has 7 unspecified atom stereocenters. The van der Waals surface area contributed by atoms with Gasteiger partial charge in [-0.2, -0.15) is 14.0 Å². The summed E-state index contributed by atoms with van der Waals surface area (Å²) in [6.45, 7) is 3.13. The molecule has 7 atom stereocenters. The molecular weight excluding hydrogens is 697 g/mol. The number of fused-ring (bicyclic) bond motifs is 1. The van der Waals surface area contributed by atoms with E-state index in [2.05, 4.69) is 10.3 Å². The summed E-state index contributed by atoms with van der Waals surface area (Å²) in [5, 5.41) is 49.4. The molecule has 1 saturated carbocycles. The molecule has 236 valence electrons. The lowest BCUT2D eigenvalue weighted by molar-refractivity contribution is -0.277. The number of hydrogen-bond acceptors (Lipinski definition) is 9. The van der Waals surface area contributed by atoms with Crippen LogP contribution in [0.4, 0.5) is 23.2 Å². The SMILES string of the molecule is COc1cc(-c2cc(C(F)(F)I)ccc2NC(O)C2C(O)N(CC3=CC=CC4C(F)C34F)N(C)C(C)(C)C2O)cnc1C#N. The number of aliphatic hydroxyl groups is 3. The number of aliphatic hydroxyl groups excluding tert-OH is 3. The molecule has 4 N–H and O–H groups in total. The van der Waals surface area contributed by atoms with Crippen molar-refractivity contribution in [2.24, 2.45) is 11.8 Å². The van der Waals surface area contributed by atoms with Crippen molar-refractivity contribution >= 4 is 28.3 Å². The van der Waals surface area contributed by atoms with E-state index in [1.165, 1.54) is 59.7 Å². The maximum Gasteiger partial charge on any atom is 0.321 e. The third-order valence-electron chi connectivity index (χ3n) is 8.99. The minimum Gasteiger partial charge on any atom is -0.494 e. The summed E-state index contributed by atoms with van der Waals surface area (Å²) in [5.41, 5.74) is -2.91. The Morgan fingerprint density at radius 3 is 2.61 bits per heavy atom. The highest BCUT2D eigenvalue weighted by Gasteiger charge is 2.69. The fourth-order valence-electron chi connectivity index (χ4n) is 5.98. The quantitative estimate of drug-likeness (QED) is 0.137. The van der Waals surface area contributed by atoms with Crippen LogP contribution in [0, 0.1) is 23.2 Å². The number of nitrogens with zero attached hydrogens (tertiary/aromatic N) is 4. The van der Waals surface area contributed by atoms with E-state index in [0.717, 1.165) is 22.6 Å². The zero-order chi connectivity index (χ0) is 32.4. The van der Waals surface area contributed by atoms with Gasteiger partial charge in [0, 0.05) is 64.8 Å². The molecule has 9 nitrogen and oxygen atoms in total. The van der Waals surface area contributed by atoms with Crippen molar-refractivity contribution in [1.29, 1.82) is 5.26 Å². The molecule has 0 bridgehead atoms. The van der Waals surface area contributed by atoms with Crippen LogP contribution in [-0.4, -0.2) is 87.0 Å². The Labute approximate surface area is 265 Å². The zero-order valence-corrected chi connectivity index (χ0v) is 26.4. The van der Waals surface area contributed by atoms with Crippen molar-refractivity contribution in [3.63, 3.8) is 0 Å². The molecule has 1 aliphatic heterocycles. The van der Waals surface area contributed by atoms with Gasteiger partial charge in [0.15, 0.2) is 17.1 Å². The standard InChI is InChI=1S/C30H32F4IN5O4/c1-28(2)25(41)23(27(43)40(39(28)3)14-17-6-5-7-19-24(31)29(17,19)32)26(42)38-20-9-8-16(30(33,34)35)11-18(20)15-10-22(44-4)21(12-36)37-13-15/h5-11,13,19,23-27,38,41-43H,14H2,1-4H3. The number of methoxy groups -OCH3 is 1. The summed E-state index contributed by atoms with van der Waals surface area (Å²) in [4.78, 5) is 4.06. The fraction of sp³-hybridized carbons (Fsp3) is 0.467. The van der Waals surface area contributed by atoms with Crippen LogP contribution in [0.1, 0.15) is 25.1 Å². The molecule has 2 aliphatic carbocycles. The first-order valence-corrected chi connectivity index (χ1v) is 14.8. The van der Waals surface area contributed by atoms with Crippen LogP contribution >= 0.6 is 22.6 Å². The van der Waals surface area contributed by atoms with E-state index in [9.17, 15) is 33.8 Å². The maximum absolute atomic E-state index is 15.4. The predicted octanol–water partition coefficient (Wildman–Crippen LogP) is 4.25. The van der Waals surface area contributed by atoms with E-state index in [4.69, 9.17) is 4.74 Å². The number of alkyl halides is 5. The molecule has 44 heavy (non-hydrogen) atoms. The summed E-state index contributed by atoms with van der Waals surface area (Å²) in [5.74, 6) is -2.10. The topological polar surface area (TPSA) is 125 Å². The molecule has 3 aliphatic rings. The molecule has 2 fully saturated rings. The molecule has 0 radical (unpaired) electrons. The van der Waals surface area contributed by atoms with Crippen molar-refractivity contribution in [3.8, 4) is 22.9 Å². The summed E-state index contributed by atoms with van der Waals surface area (Å²) >= 11 is 0.997. The first kappa shape index (κ1) is 32.6. The number of ether oxygens (including phenoxy) is 1. The number of hydrogen-bond donors (Lipinski definition) is 4. The maximum atomic E-state index is 15.4. The van der Waals surface area contributed by atoms with Crippen molar-refractivity contribution in [2.45, 2.75) is 53.7 Å². The number of aromatic nitrogens is 1. The van der Waals surface area contributed by atoms with Crippen molar-refractivity contribution < 1.29 is 37.6 Å². The van der Waals surface area contributed by atoms with Gasteiger partial charge in [-0.15, -0.1) is 0 Å². The second kappa shape index (κ2) is 11.5. The van der Waals surface area contributed by atoms with Gasteiger partial charge in [-0.3, -0.25) is 0 Å². The lowest BCUT2D eigenvalue weighted by Crippen LogP contribution is -2.72. The van der Waals surface area contributed by atoms with Gasteiger partial charge in [0.2, 0.25) is 0 Å². The van der Waals surface area contributed by atoms with E-state index in [1.807, 2.05) is 6.07 Å². The monoisotopic (exact) mass is 729 g/mol. The van der Waals surface area contributed by atoms with Gasteiger partial charge in [0.05, 0.1) is 30.6 Å². The van der Waals surface area contributed by atoms with E-state index in [1.54, 1.807) is 27.0 Å². The van der Waals surface area contributed by atoms with E-state index in [-0.39, 0.29) is 45.9 Å². The Morgan fingerprint density at radius 2 is 1.98 bits per heavy atom. The van der Waals surface area contributed by atoms with E-state index in [0.29, 0.717) is 0 Å². The van der Waals surface area contributed by atoms with Crippen LogP contribution in [0.25, 0.3) is 11.1 Å². The minimum atomic E-state index is -3.24. The molecule has 5 rings (SSSR count). The Bertz CT molecular complexity index is 1550. The van der Waals surface area contributed by atoms with Crippen LogP contribution in [-0.2, 0) is 3.93 Å². The molecule has 1 aromatic carbocycles. The molecule has 1 saturated heterocycles. The number of pyridine rings is 1. The Kier molecular flexibility index (Phi) is 8.53. The molecular formula is C30H32F4IN5O4. The number of hydrazine groups is 1. The van der Waals surface area contributed by atoms with Gasteiger partial charge in [-0.25, -0.2) is 23.8 Å². The summed E-state index contributed by atoms with van der Waals surface area (Å²) < 4.78 is 60.5. The lowest BCUT2D eigenvalue weighted by Gasteiger charge is -2.56. The number of nitrogens with one attached hydrogen (secondary N) is 1. The average molecular weight is 730 g/mol. The molecule has 2 aromatic rings. The lowest BCUT2D eigenvalue weighted by atomic mass is 9.81. The number of rotatable bonds is 8. The second-order valence-corrected chi connectivity index (χ2v) is 13.1. The van der Waals surface area contributed by atoms with Crippen LogP contribution in [0.3, 0.4) is 0 Å². The van der Waals surface area contributed by atoms with Crippen molar-refractivity contribution in [1.82, 2.24) is 15.0 Å². The number of nitriles is 1. The number of halogens is 5. The first-order chi connectivity index (χ1) is 20.6. The number of likely N-dealkylation sites (N-methyl/N-ethyl adjacent to an activating group) is 1. The Balaban J connectivity index is 1.49. The average Bonchev–Trinajstić information content (AvgIpc) is 3.54. The summed E-state index contributed by atoms with van der Waals surface area (Å²) in [7, 11) is 2.92. The van der Waals surface area contributed by atoms with Gasteiger partial charge in [0.25, 0.3) is 0 Å². The normalized spacial score (nSPS) is 30.6. The third kappa shape index (κ3) is 5.37. The molecule has 0 amide bonds. The smallest absolute Gasteiger partial charge is 0.321 e. The Hall–Kier alpha value is -2.81. The predicted molar refractivity (Wildman–Crippen MR) is 162 cm³/mol. The van der Waals surface area contributed by atoms with Gasteiger partial charge in [-0.1, -0.05) is 24.3 Å². The van der Waals surface area contributed by atoms with Crippen LogP contribution in [0.15, 0.2) is 54.3 Å². The van der Waals surface area contributed by atoms with Gasteiger partial charge in [0.1, 0.15) is 24.7 Å². The third-order valence-corrected chi connectivity index (χ3v) is 9.62. The highest BCUT2D eigenvalue weighted by Crippen LogP contribution is 2.58. The minimum absolute atomic E-state index is 0.0173. The Morgan fingerprint density at radius 1 is 1.27 bits per heavy atom. The largest absolute Gasteiger partial charge is 0.494 e. The highest BCUT2D eigenvalue weighted by atomic mass is 127. The zero-order valence-electron chi connectivity index (χ0n) is 24.2. The van der Waals surface area contributed by atoms with Gasteiger partial charge >= 0.3 is 3.93 Å². The molecule has 1 aromatic heterocycles. The van der Waals surface area contributed by atoms with Gasteiger partial charge < -0.3 is 25.4 Å². The van der Waals surface area contributed by atoms with E-state index < -0.39 is 51.7 Å². The number of allylic oxidation sites excluding steroid dienone is 3. The highest BCUT2D eigenvalue weighted by molar-refractivity contribution is 14.1. The molecule has 0 spiro atoms. The van der Waals surface area contributed by atoms with Crippen LogP contribution in [0.2, 0.25) is 0 Å². The summed E-state index contributed by atoms with van der Waals surface area (Å²) in [6.07, 6.45) is -0.479. The molecule has 2 heterocycles.